The van der Waals surface area contributed by atoms with E-state index in [4.69, 9.17) is 0 Å². The average molecular weight is 272 g/mol. The fourth-order valence-electron chi connectivity index (χ4n) is 2.98. The van der Waals surface area contributed by atoms with E-state index in [0.717, 1.165) is 11.6 Å². The van der Waals surface area contributed by atoms with Gasteiger partial charge in [-0.1, -0.05) is 60.9 Å². The van der Waals surface area contributed by atoms with Crippen molar-refractivity contribution in [3.8, 4) is 11.3 Å². The summed E-state index contributed by atoms with van der Waals surface area (Å²) in [4.78, 5) is 0. The number of nitrogens with zero attached hydrogens (tertiary/aromatic N) is 2. The van der Waals surface area contributed by atoms with Crippen molar-refractivity contribution in [2.24, 2.45) is 5.92 Å². The highest BCUT2D eigenvalue weighted by atomic mass is 32.1. The molecular weight excluding hydrogens is 252 g/mol. The van der Waals surface area contributed by atoms with Crippen LogP contribution in [0.25, 0.3) is 11.3 Å². The number of aryl methyl sites for hydroxylation is 1. The Bertz CT molecular complexity index is 484. The van der Waals surface area contributed by atoms with E-state index in [-0.39, 0.29) is 0 Å². The molecule has 1 fully saturated rings. The van der Waals surface area contributed by atoms with Crippen LogP contribution in [-0.4, -0.2) is 9.59 Å². The number of aromatic nitrogens is 2. The predicted octanol–water partition coefficient (Wildman–Crippen LogP) is 4.72. The SMILES string of the molecule is c1cc(-c2csnn2)ccc1CCC1CCCCC1. The number of benzene rings is 1. The van der Waals surface area contributed by atoms with Gasteiger partial charge in [0.15, 0.2) is 0 Å². The van der Waals surface area contributed by atoms with Crippen molar-refractivity contribution in [1.29, 1.82) is 0 Å². The quantitative estimate of drug-likeness (QED) is 0.805. The van der Waals surface area contributed by atoms with Gasteiger partial charge in [-0.25, -0.2) is 0 Å². The standard InChI is InChI=1S/C16H20N2S/c1-2-4-13(5-3-1)6-7-14-8-10-15(11-9-14)16-12-19-18-17-16/h8-13H,1-7H2. The Balaban J connectivity index is 1.57. The van der Waals surface area contributed by atoms with Crippen LogP contribution in [0.5, 0.6) is 0 Å². The molecule has 0 unspecified atom stereocenters. The molecule has 0 spiro atoms. The van der Waals surface area contributed by atoms with Gasteiger partial charge in [0.2, 0.25) is 0 Å². The lowest BCUT2D eigenvalue weighted by atomic mass is 9.85. The molecule has 2 nitrogen and oxygen atoms in total. The first kappa shape index (κ1) is 12.8. The third kappa shape index (κ3) is 3.41. The zero-order valence-corrected chi connectivity index (χ0v) is 12.0. The van der Waals surface area contributed by atoms with Crippen molar-refractivity contribution < 1.29 is 0 Å². The van der Waals surface area contributed by atoms with Crippen molar-refractivity contribution in [3.05, 3.63) is 35.2 Å². The van der Waals surface area contributed by atoms with Crippen LogP contribution < -0.4 is 0 Å². The van der Waals surface area contributed by atoms with E-state index in [1.807, 2.05) is 5.38 Å². The van der Waals surface area contributed by atoms with Crippen LogP contribution >= 0.6 is 11.5 Å². The fraction of sp³-hybridized carbons (Fsp3) is 0.500. The van der Waals surface area contributed by atoms with E-state index in [0.29, 0.717) is 0 Å². The molecule has 1 aliphatic rings. The molecule has 2 aromatic rings. The second-order valence-electron chi connectivity index (χ2n) is 5.53. The third-order valence-electron chi connectivity index (χ3n) is 4.18. The molecule has 0 atom stereocenters. The van der Waals surface area contributed by atoms with E-state index in [1.54, 1.807) is 0 Å². The number of hydrogen-bond acceptors (Lipinski definition) is 3. The molecule has 1 aliphatic carbocycles. The molecule has 0 radical (unpaired) electrons. The Morgan fingerprint density at radius 1 is 1.05 bits per heavy atom. The molecule has 1 heterocycles. The summed E-state index contributed by atoms with van der Waals surface area (Å²) in [6.45, 7) is 0. The van der Waals surface area contributed by atoms with E-state index in [1.165, 1.54) is 67.6 Å². The maximum absolute atomic E-state index is 4.10. The van der Waals surface area contributed by atoms with Gasteiger partial charge in [-0.15, -0.1) is 5.10 Å². The Morgan fingerprint density at radius 3 is 2.53 bits per heavy atom. The second-order valence-corrected chi connectivity index (χ2v) is 6.14. The summed E-state index contributed by atoms with van der Waals surface area (Å²) < 4.78 is 3.91. The molecule has 3 rings (SSSR count). The molecule has 1 aromatic heterocycles. The van der Waals surface area contributed by atoms with E-state index in [9.17, 15) is 0 Å². The second kappa shape index (κ2) is 6.29. The molecule has 0 N–H and O–H groups in total. The highest BCUT2D eigenvalue weighted by Crippen LogP contribution is 2.27. The third-order valence-corrected chi connectivity index (χ3v) is 4.68. The van der Waals surface area contributed by atoms with Crippen molar-refractivity contribution >= 4 is 11.5 Å². The van der Waals surface area contributed by atoms with Crippen molar-refractivity contribution in [2.45, 2.75) is 44.9 Å². The summed E-state index contributed by atoms with van der Waals surface area (Å²) in [5.74, 6) is 0.969. The molecule has 0 aliphatic heterocycles. The molecule has 1 aromatic carbocycles. The zero-order valence-electron chi connectivity index (χ0n) is 11.2. The molecule has 100 valence electrons. The lowest BCUT2D eigenvalue weighted by molar-refractivity contribution is 0.339. The van der Waals surface area contributed by atoms with E-state index < -0.39 is 0 Å². The van der Waals surface area contributed by atoms with Crippen LogP contribution in [0.15, 0.2) is 29.6 Å². The monoisotopic (exact) mass is 272 g/mol. The minimum absolute atomic E-state index is 0.969. The topological polar surface area (TPSA) is 25.8 Å². The summed E-state index contributed by atoms with van der Waals surface area (Å²) in [6.07, 6.45) is 9.82. The average Bonchev–Trinajstić information content (AvgIpc) is 3.01. The predicted molar refractivity (Wildman–Crippen MR) is 80.2 cm³/mol. The molecule has 0 amide bonds. The van der Waals surface area contributed by atoms with Crippen molar-refractivity contribution in [3.63, 3.8) is 0 Å². The van der Waals surface area contributed by atoms with Crippen LogP contribution in [0.2, 0.25) is 0 Å². The van der Waals surface area contributed by atoms with Gasteiger partial charge in [0.05, 0.1) is 0 Å². The van der Waals surface area contributed by atoms with Crippen LogP contribution in [0.3, 0.4) is 0 Å². The van der Waals surface area contributed by atoms with Gasteiger partial charge in [-0.3, -0.25) is 0 Å². The number of rotatable bonds is 4. The summed E-state index contributed by atoms with van der Waals surface area (Å²) in [7, 11) is 0. The molecule has 3 heteroatoms. The minimum atomic E-state index is 0.969. The van der Waals surface area contributed by atoms with Crippen molar-refractivity contribution in [2.75, 3.05) is 0 Å². The maximum atomic E-state index is 4.10. The summed E-state index contributed by atoms with van der Waals surface area (Å²) >= 11 is 1.41. The lowest BCUT2D eigenvalue weighted by Gasteiger charge is -2.21. The Kier molecular flexibility index (Phi) is 4.23. The normalized spacial score (nSPS) is 16.6. The fourth-order valence-corrected chi connectivity index (χ4v) is 3.44. The van der Waals surface area contributed by atoms with Crippen LogP contribution in [0.4, 0.5) is 0 Å². The molecule has 1 saturated carbocycles. The summed E-state index contributed by atoms with van der Waals surface area (Å²) in [5, 5.41) is 6.10. The highest BCUT2D eigenvalue weighted by molar-refractivity contribution is 7.03. The van der Waals surface area contributed by atoms with E-state index >= 15 is 0 Å². The van der Waals surface area contributed by atoms with Gasteiger partial charge in [-0.05, 0) is 35.9 Å². The Labute approximate surface area is 119 Å². The summed E-state index contributed by atoms with van der Waals surface area (Å²) in [6, 6.07) is 8.84. The summed E-state index contributed by atoms with van der Waals surface area (Å²) in [5.41, 5.74) is 3.62. The van der Waals surface area contributed by atoms with Gasteiger partial charge >= 0.3 is 0 Å². The van der Waals surface area contributed by atoms with Gasteiger partial charge in [0.1, 0.15) is 5.69 Å². The van der Waals surface area contributed by atoms with Crippen LogP contribution in [0, 0.1) is 5.92 Å². The van der Waals surface area contributed by atoms with Gasteiger partial charge in [0.25, 0.3) is 0 Å². The van der Waals surface area contributed by atoms with E-state index in [2.05, 4.69) is 33.9 Å². The van der Waals surface area contributed by atoms with Crippen molar-refractivity contribution in [1.82, 2.24) is 9.59 Å². The van der Waals surface area contributed by atoms with Gasteiger partial charge < -0.3 is 0 Å². The zero-order chi connectivity index (χ0) is 12.9. The first-order chi connectivity index (χ1) is 9.42. The Hall–Kier alpha value is -1.22. The minimum Gasteiger partial charge on any atom is -0.138 e. The number of hydrogen-bond donors (Lipinski definition) is 0. The Morgan fingerprint density at radius 2 is 1.84 bits per heavy atom. The molecule has 0 saturated heterocycles. The van der Waals surface area contributed by atoms with Gasteiger partial charge in [0, 0.05) is 10.9 Å². The van der Waals surface area contributed by atoms with Crippen LogP contribution in [-0.2, 0) is 6.42 Å². The smallest absolute Gasteiger partial charge is 0.105 e. The first-order valence-corrected chi connectivity index (χ1v) is 8.12. The van der Waals surface area contributed by atoms with Gasteiger partial charge in [-0.2, -0.15) is 0 Å². The first-order valence-electron chi connectivity index (χ1n) is 7.28. The molecule has 0 bridgehead atoms. The lowest BCUT2D eigenvalue weighted by Crippen LogP contribution is -2.07. The molecular formula is C16H20N2S. The largest absolute Gasteiger partial charge is 0.138 e. The maximum Gasteiger partial charge on any atom is 0.105 e. The highest BCUT2D eigenvalue weighted by Gasteiger charge is 2.13. The van der Waals surface area contributed by atoms with Crippen LogP contribution in [0.1, 0.15) is 44.1 Å². The molecule has 19 heavy (non-hydrogen) atoms.